The van der Waals surface area contributed by atoms with Crippen LogP contribution < -0.4 is 4.90 Å². The topological polar surface area (TPSA) is 35.9 Å². The zero-order valence-corrected chi connectivity index (χ0v) is 15.9. The van der Waals surface area contributed by atoms with Gasteiger partial charge < -0.3 is 4.90 Å². The maximum Gasteiger partial charge on any atom is 0.286 e. The van der Waals surface area contributed by atoms with Gasteiger partial charge in [-0.1, -0.05) is 36.0 Å². The smallest absolute Gasteiger partial charge is 0.286 e. The van der Waals surface area contributed by atoms with Gasteiger partial charge in [0.05, 0.1) is 11.1 Å². The largest absolute Gasteiger partial charge is 0.378 e. The lowest BCUT2D eigenvalue weighted by molar-refractivity contribution is -0.122. The number of hydrogen-bond acceptors (Lipinski definition) is 5. The van der Waals surface area contributed by atoms with Gasteiger partial charge >= 0.3 is 0 Å². The van der Waals surface area contributed by atoms with E-state index in [0.29, 0.717) is 14.8 Å². The fraction of sp³-hybridized carbons (Fsp3) is 0.105. The Kier molecular flexibility index (Phi) is 5.49. The Morgan fingerprint density at radius 3 is 2.31 bits per heavy atom. The van der Waals surface area contributed by atoms with Gasteiger partial charge in [-0.25, -0.2) is 4.39 Å². The molecule has 1 saturated heterocycles. The number of benzene rings is 2. The summed E-state index contributed by atoms with van der Waals surface area (Å²) in [7, 11) is 3.94. The van der Waals surface area contributed by atoms with Crippen LogP contribution in [0.25, 0.3) is 6.08 Å². The van der Waals surface area contributed by atoms with Crippen molar-refractivity contribution >= 4 is 52.2 Å². The number of hydrazone groups is 1. The zero-order chi connectivity index (χ0) is 18.7. The molecule has 1 aliphatic rings. The van der Waals surface area contributed by atoms with Gasteiger partial charge in [-0.05, 0) is 53.7 Å². The normalized spacial score (nSPS) is 16.1. The van der Waals surface area contributed by atoms with Crippen LogP contribution in [0.1, 0.15) is 11.1 Å². The molecule has 0 bridgehead atoms. The fourth-order valence-electron chi connectivity index (χ4n) is 2.25. The fourth-order valence-corrected chi connectivity index (χ4v) is 3.43. The first-order chi connectivity index (χ1) is 12.4. The molecule has 0 aromatic heterocycles. The van der Waals surface area contributed by atoms with Gasteiger partial charge in [-0.2, -0.15) is 10.1 Å². The lowest BCUT2D eigenvalue weighted by atomic mass is 10.2. The number of thioether (sulfide) groups is 1. The first kappa shape index (κ1) is 18.3. The SMILES string of the molecule is CN(C)c1ccc(/C=C2/SC(=S)N(/N=C/c3ccc(F)cc3)C2=O)cc1. The molecule has 1 amide bonds. The summed E-state index contributed by atoms with van der Waals surface area (Å²) < 4.78 is 13.3. The van der Waals surface area contributed by atoms with E-state index >= 15 is 0 Å². The highest BCUT2D eigenvalue weighted by atomic mass is 32.2. The van der Waals surface area contributed by atoms with E-state index < -0.39 is 0 Å². The summed E-state index contributed by atoms with van der Waals surface area (Å²) in [4.78, 5) is 15.1. The number of thiocarbonyl (C=S) groups is 1. The molecule has 4 nitrogen and oxygen atoms in total. The predicted molar refractivity (Wildman–Crippen MR) is 110 cm³/mol. The molecule has 26 heavy (non-hydrogen) atoms. The quantitative estimate of drug-likeness (QED) is 0.450. The number of anilines is 1. The summed E-state index contributed by atoms with van der Waals surface area (Å²) in [6.45, 7) is 0. The Morgan fingerprint density at radius 2 is 1.69 bits per heavy atom. The number of carbonyl (C=O) groups excluding carboxylic acids is 1. The number of carbonyl (C=O) groups is 1. The highest BCUT2D eigenvalue weighted by molar-refractivity contribution is 8.26. The Bertz CT molecular complexity index is 890. The van der Waals surface area contributed by atoms with Gasteiger partial charge in [0, 0.05) is 19.8 Å². The maximum absolute atomic E-state index is 12.9. The second-order valence-electron chi connectivity index (χ2n) is 5.78. The first-order valence-electron chi connectivity index (χ1n) is 7.79. The molecule has 2 aromatic rings. The number of rotatable bonds is 4. The third-order valence-electron chi connectivity index (χ3n) is 3.67. The monoisotopic (exact) mass is 385 g/mol. The molecular formula is C19H16FN3OS2. The molecule has 132 valence electrons. The second-order valence-corrected chi connectivity index (χ2v) is 7.45. The molecule has 0 radical (unpaired) electrons. The predicted octanol–water partition coefficient (Wildman–Crippen LogP) is 4.13. The third-order valence-corrected chi connectivity index (χ3v) is 4.96. The summed E-state index contributed by atoms with van der Waals surface area (Å²) in [5.74, 6) is -0.592. The van der Waals surface area contributed by atoms with Gasteiger partial charge in [-0.15, -0.1) is 0 Å². The molecule has 1 heterocycles. The van der Waals surface area contributed by atoms with E-state index in [4.69, 9.17) is 12.2 Å². The van der Waals surface area contributed by atoms with Gasteiger partial charge in [0.25, 0.3) is 5.91 Å². The molecule has 0 atom stereocenters. The molecule has 2 aromatic carbocycles. The van der Waals surface area contributed by atoms with Crippen molar-refractivity contribution in [3.05, 3.63) is 70.4 Å². The van der Waals surface area contributed by atoms with Crippen LogP contribution in [0.5, 0.6) is 0 Å². The Balaban J connectivity index is 1.76. The molecule has 3 rings (SSSR count). The van der Waals surface area contributed by atoms with Gasteiger partial charge in [0.1, 0.15) is 5.82 Å². The molecule has 0 N–H and O–H groups in total. The number of halogens is 1. The second kappa shape index (κ2) is 7.80. The number of amides is 1. The van der Waals surface area contributed by atoms with E-state index in [1.54, 1.807) is 18.2 Å². The van der Waals surface area contributed by atoms with E-state index in [1.807, 2.05) is 43.3 Å². The van der Waals surface area contributed by atoms with Crippen molar-refractivity contribution in [1.82, 2.24) is 5.01 Å². The third kappa shape index (κ3) is 4.17. The molecule has 0 saturated carbocycles. The number of hydrogen-bond donors (Lipinski definition) is 0. The van der Waals surface area contributed by atoms with Crippen molar-refractivity contribution in [2.75, 3.05) is 19.0 Å². The minimum atomic E-state index is -0.323. The first-order valence-corrected chi connectivity index (χ1v) is 9.01. The van der Waals surface area contributed by atoms with E-state index in [0.717, 1.165) is 11.3 Å². The highest BCUT2D eigenvalue weighted by Crippen LogP contribution is 2.33. The van der Waals surface area contributed by atoms with E-state index in [1.165, 1.54) is 35.1 Å². The average molecular weight is 385 g/mol. The van der Waals surface area contributed by atoms with Crippen LogP contribution in [0.3, 0.4) is 0 Å². The van der Waals surface area contributed by atoms with Crippen molar-refractivity contribution in [3.8, 4) is 0 Å². The molecule has 0 spiro atoms. The minimum Gasteiger partial charge on any atom is -0.378 e. The van der Waals surface area contributed by atoms with Gasteiger partial charge in [0.15, 0.2) is 4.32 Å². The zero-order valence-electron chi connectivity index (χ0n) is 14.2. The summed E-state index contributed by atoms with van der Waals surface area (Å²) in [5.41, 5.74) is 2.68. The Labute approximate surface area is 161 Å². The molecular weight excluding hydrogens is 369 g/mol. The van der Waals surface area contributed by atoms with Crippen LogP contribution >= 0.6 is 24.0 Å². The number of nitrogens with zero attached hydrogens (tertiary/aromatic N) is 3. The minimum absolute atomic E-state index is 0.268. The summed E-state index contributed by atoms with van der Waals surface area (Å²) >= 11 is 6.46. The van der Waals surface area contributed by atoms with E-state index in [2.05, 4.69) is 5.10 Å². The van der Waals surface area contributed by atoms with Crippen LogP contribution in [-0.2, 0) is 4.79 Å². The summed E-state index contributed by atoms with van der Waals surface area (Å²) in [5, 5.41) is 5.33. The highest BCUT2D eigenvalue weighted by Gasteiger charge is 2.31. The van der Waals surface area contributed by atoms with E-state index in [-0.39, 0.29) is 11.7 Å². The average Bonchev–Trinajstić information content (AvgIpc) is 2.88. The molecule has 0 unspecified atom stereocenters. The summed E-state index contributed by atoms with van der Waals surface area (Å²) in [6, 6.07) is 13.7. The van der Waals surface area contributed by atoms with Crippen LogP contribution in [0.2, 0.25) is 0 Å². The molecule has 7 heteroatoms. The van der Waals surface area contributed by atoms with Crippen molar-refractivity contribution in [2.45, 2.75) is 0 Å². The van der Waals surface area contributed by atoms with Crippen LogP contribution in [-0.4, -0.2) is 35.5 Å². The molecule has 0 aliphatic carbocycles. The lowest BCUT2D eigenvalue weighted by Crippen LogP contribution is -2.22. The van der Waals surface area contributed by atoms with Crippen LogP contribution in [0.15, 0.2) is 58.5 Å². The molecule has 1 fully saturated rings. The van der Waals surface area contributed by atoms with Crippen molar-refractivity contribution in [1.29, 1.82) is 0 Å². The standard InChI is InChI=1S/C19H16FN3OS2/c1-22(2)16-9-5-13(6-10-16)11-17-18(24)23(19(25)26-17)21-12-14-3-7-15(20)8-4-14/h3-12H,1-2H3/b17-11+,21-12+. The Hall–Kier alpha value is -2.51. The van der Waals surface area contributed by atoms with Crippen molar-refractivity contribution < 1.29 is 9.18 Å². The maximum atomic E-state index is 12.9. The van der Waals surface area contributed by atoms with Gasteiger partial charge in [-0.3, -0.25) is 4.79 Å². The Morgan fingerprint density at radius 1 is 1.08 bits per heavy atom. The molecule has 1 aliphatic heterocycles. The van der Waals surface area contributed by atoms with Crippen LogP contribution in [0, 0.1) is 5.82 Å². The van der Waals surface area contributed by atoms with Crippen LogP contribution in [0.4, 0.5) is 10.1 Å². The van der Waals surface area contributed by atoms with Gasteiger partial charge in [0.2, 0.25) is 0 Å². The van der Waals surface area contributed by atoms with Crippen molar-refractivity contribution in [3.63, 3.8) is 0 Å². The van der Waals surface area contributed by atoms with E-state index in [9.17, 15) is 9.18 Å². The summed E-state index contributed by atoms with van der Waals surface area (Å²) in [6.07, 6.45) is 3.28. The van der Waals surface area contributed by atoms with Crippen molar-refractivity contribution in [2.24, 2.45) is 5.10 Å². The lowest BCUT2D eigenvalue weighted by Gasteiger charge is -2.11.